The zero-order valence-electron chi connectivity index (χ0n) is 17.1. The fraction of sp³-hybridized carbons (Fsp3) is 0.333. The third kappa shape index (κ3) is 4.04. The van der Waals surface area contributed by atoms with Gasteiger partial charge in [0.25, 0.3) is 11.5 Å². The van der Waals surface area contributed by atoms with Crippen LogP contribution in [0.2, 0.25) is 0 Å². The third-order valence-corrected chi connectivity index (χ3v) is 5.50. The molecule has 1 amide bonds. The predicted molar refractivity (Wildman–Crippen MR) is 112 cm³/mol. The molecule has 5 nitrogen and oxygen atoms in total. The molecule has 2 heterocycles. The number of amides is 1. The number of carbonyl (C=O) groups is 1. The minimum Gasteiger partial charge on any atom is -0.466 e. The van der Waals surface area contributed by atoms with Gasteiger partial charge in [-0.15, -0.1) is 0 Å². The number of benzene rings is 1. The van der Waals surface area contributed by atoms with E-state index >= 15 is 0 Å². The highest BCUT2D eigenvalue weighted by molar-refractivity contribution is 5.94. The molecule has 4 rings (SSSR count). The highest BCUT2D eigenvalue weighted by Gasteiger charge is 2.36. The molecule has 0 spiro atoms. The number of hydrogen-bond donors (Lipinski definition) is 1. The Morgan fingerprint density at radius 2 is 1.97 bits per heavy atom. The lowest BCUT2D eigenvalue weighted by Crippen LogP contribution is -2.39. The molecule has 150 valence electrons. The first kappa shape index (κ1) is 19.2. The molecular formula is C24H26N2O3. The summed E-state index contributed by atoms with van der Waals surface area (Å²) in [7, 11) is 0. The van der Waals surface area contributed by atoms with E-state index in [2.05, 4.69) is 19.2 Å². The molecule has 29 heavy (non-hydrogen) atoms. The number of pyridine rings is 1. The second-order valence-electron chi connectivity index (χ2n) is 8.65. The van der Waals surface area contributed by atoms with Gasteiger partial charge in [0, 0.05) is 18.2 Å². The van der Waals surface area contributed by atoms with Gasteiger partial charge in [0.15, 0.2) is 0 Å². The van der Waals surface area contributed by atoms with Gasteiger partial charge >= 0.3 is 0 Å². The molecule has 2 aromatic heterocycles. The van der Waals surface area contributed by atoms with Gasteiger partial charge in [0.05, 0.1) is 12.6 Å². The van der Waals surface area contributed by atoms with Crippen LogP contribution in [-0.4, -0.2) is 10.5 Å². The number of aryl methyl sites for hydroxylation is 1. The molecule has 0 saturated heterocycles. The second-order valence-corrected chi connectivity index (χ2v) is 8.65. The average Bonchev–Trinajstić information content (AvgIpc) is 3.03. The monoisotopic (exact) mass is 390 g/mol. The van der Waals surface area contributed by atoms with E-state index in [9.17, 15) is 9.59 Å². The summed E-state index contributed by atoms with van der Waals surface area (Å²) in [4.78, 5) is 25.9. The smallest absolute Gasteiger partial charge is 0.263 e. The number of aromatic nitrogens is 1. The van der Waals surface area contributed by atoms with Crippen molar-refractivity contribution in [2.75, 3.05) is 0 Å². The zero-order chi connectivity index (χ0) is 20.6. The Labute approximate surface area is 170 Å². The number of furan rings is 1. The first-order valence-electron chi connectivity index (χ1n) is 9.96. The lowest BCUT2D eigenvalue weighted by molar-refractivity contribution is 0.0915. The van der Waals surface area contributed by atoms with Gasteiger partial charge in [0.2, 0.25) is 0 Å². The summed E-state index contributed by atoms with van der Waals surface area (Å²) in [5.74, 6) is 1.43. The lowest BCUT2D eigenvalue weighted by atomic mass is 9.74. The maximum atomic E-state index is 13.0. The summed E-state index contributed by atoms with van der Waals surface area (Å²) >= 11 is 0. The van der Waals surface area contributed by atoms with Crippen molar-refractivity contribution in [3.05, 3.63) is 93.3 Å². The number of rotatable bonds is 4. The predicted octanol–water partition coefficient (Wildman–Crippen LogP) is 4.24. The Morgan fingerprint density at radius 1 is 1.21 bits per heavy atom. The van der Waals surface area contributed by atoms with Crippen LogP contribution in [0.15, 0.2) is 63.9 Å². The van der Waals surface area contributed by atoms with Gasteiger partial charge in [0.1, 0.15) is 17.1 Å². The maximum absolute atomic E-state index is 13.0. The molecule has 0 aliphatic heterocycles. The highest BCUT2D eigenvalue weighted by atomic mass is 16.3. The van der Waals surface area contributed by atoms with Crippen molar-refractivity contribution in [3.63, 3.8) is 0 Å². The molecule has 1 N–H and O–H groups in total. The first-order valence-corrected chi connectivity index (χ1v) is 9.96. The molecule has 0 radical (unpaired) electrons. The number of hydrogen-bond acceptors (Lipinski definition) is 3. The van der Waals surface area contributed by atoms with Crippen LogP contribution < -0.4 is 10.9 Å². The van der Waals surface area contributed by atoms with E-state index in [1.54, 1.807) is 22.9 Å². The summed E-state index contributed by atoms with van der Waals surface area (Å²) in [6.07, 6.45) is 3.36. The van der Waals surface area contributed by atoms with Gasteiger partial charge in [-0.3, -0.25) is 9.59 Å². The van der Waals surface area contributed by atoms with Gasteiger partial charge < -0.3 is 14.3 Å². The van der Waals surface area contributed by atoms with Crippen molar-refractivity contribution >= 4 is 5.91 Å². The largest absolute Gasteiger partial charge is 0.466 e. The van der Waals surface area contributed by atoms with Crippen molar-refractivity contribution in [1.82, 2.24) is 9.88 Å². The molecule has 1 aromatic carbocycles. The Morgan fingerprint density at radius 3 is 2.72 bits per heavy atom. The molecule has 0 fully saturated rings. The Kier molecular flexibility index (Phi) is 4.91. The van der Waals surface area contributed by atoms with Crippen LogP contribution >= 0.6 is 0 Å². The maximum Gasteiger partial charge on any atom is 0.263 e. The average molecular weight is 390 g/mol. The normalized spacial score (nSPS) is 17.6. The molecule has 1 atom stereocenters. The van der Waals surface area contributed by atoms with E-state index in [0.29, 0.717) is 6.54 Å². The van der Waals surface area contributed by atoms with Crippen LogP contribution in [0, 0.1) is 12.3 Å². The van der Waals surface area contributed by atoms with Crippen LogP contribution in [0.5, 0.6) is 0 Å². The van der Waals surface area contributed by atoms with Gasteiger partial charge in [-0.1, -0.05) is 44.2 Å². The highest BCUT2D eigenvalue weighted by Crippen LogP contribution is 2.42. The van der Waals surface area contributed by atoms with Gasteiger partial charge in [-0.05, 0) is 42.5 Å². The lowest BCUT2D eigenvalue weighted by Gasteiger charge is -2.34. The summed E-state index contributed by atoms with van der Waals surface area (Å²) in [6, 6.07) is 14.9. The molecule has 5 heteroatoms. The fourth-order valence-corrected chi connectivity index (χ4v) is 4.16. The number of fused-ring (bicyclic) bond motifs is 1. The molecule has 1 unspecified atom stereocenters. The van der Waals surface area contributed by atoms with E-state index in [4.69, 9.17) is 4.42 Å². The van der Waals surface area contributed by atoms with Crippen molar-refractivity contribution < 1.29 is 9.21 Å². The topological polar surface area (TPSA) is 64.2 Å². The summed E-state index contributed by atoms with van der Waals surface area (Å²) < 4.78 is 7.42. The summed E-state index contributed by atoms with van der Waals surface area (Å²) in [5.41, 5.74) is 1.93. The Hall–Kier alpha value is -3.08. The minimum atomic E-state index is -0.343. The number of carbonyl (C=O) groups excluding carboxylic acids is 1. The summed E-state index contributed by atoms with van der Waals surface area (Å²) in [6.45, 7) is 6.69. The first-order chi connectivity index (χ1) is 13.8. The van der Waals surface area contributed by atoms with Crippen molar-refractivity contribution in [2.45, 2.75) is 46.2 Å². The van der Waals surface area contributed by atoms with Crippen LogP contribution in [0.1, 0.15) is 59.3 Å². The van der Waals surface area contributed by atoms with Gasteiger partial charge in [-0.25, -0.2) is 0 Å². The SMILES string of the molecule is Cc1cc2c(o1)CC(C)(C)CC2NC(=O)c1cccn(Cc2ccccc2)c1=O. The minimum absolute atomic E-state index is 0.0133. The van der Waals surface area contributed by atoms with Crippen molar-refractivity contribution in [1.29, 1.82) is 0 Å². The van der Waals surface area contributed by atoms with E-state index < -0.39 is 0 Å². The fourth-order valence-electron chi connectivity index (χ4n) is 4.16. The second kappa shape index (κ2) is 7.39. The van der Waals surface area contributed by atoms with Crippen LogP contribution in [0.4, 0.5) is 0 Å². The van der Waals surface area contributed by atoms with Gasteiger partial charge in [-0.2, -0.15) is 0 Å². The number of nitrogens with zero attached hydrogens (tertiary/aromatic N) is 1. The number of nitrogens with one attached hydrogen (secondary N) is 1. The zero-order valence-corrected chi connectivity index (χ0v) is 17.1. The summed E-state index contributed by atoms with van der Waals surface area (Å²) in [5, 5.41) is 3.08. The Bertz CT molecular complexity index is 1090. The molecular weight excluding hydrogens is 364 g/mol. The van der Waals surface area contributed by atoms with E-state index in [0.717, 1.165) is 35.5 Å². The molecule has 1 aliphatic carbocycles. The van der Waals surface area contributed by atoms with E-state index in [-0.39, 0.29) is 28.5 Å². The van der Waals surface area contributed by atoms with Crippen molar-refractivity contribution in [3.8, 4) is 0 Å². The van der Waals surface area contributed by atoms with E-state index in [1.165, 1.54) is 0 Å². The molecule has 0 saturated carbocycles. The van der Waals surface area contributed by atoms with E-state index in [1.807, 2.05) is 43.3 Å². The molecule has 3 aromatic rings. The molecule has 0 bridgehead atoms. The molecule has 1 aliphatic rings. The van der Waals surface area contributed by atoms with Crippen molar-refractivity contribution in [2.24, 2.45) is 5.41 Å². The third-order valence-electron chi connectivity index (χ3n) is 5.50. The Balaban J connectivity index is 1.59. The van der Waals surface area contributed by atoms with Crippen LogP contribution in [0.3, 0.4) is 0 Å². The standard InChI is InChI=1S/C24H26N2O3/c1-16-12-19-20(13-24(2,3)14-21(19)29-16)25-22(27)18-10-7-11-26(23(18)28)15-17-8-5-4-6-9-17/h4-12,20H,13-15H2,1-3H3,(H,25,27). The van der Waals surface area contributed by atoms with Crippen LogP contribution in [0.25, 0.3) is 0 Å². The quantitative estimate of drug-likeness (QED) is 0.725. The van der Waals surface area contributed by atoms with Crippen LogP contribution in [-0.2, 0) is 13.0 Å².